The van der Waals surface area contributed by atoms with E-state index in [2.05, 4.69) is 5.32 Å². The second-order valence-corrected chi connectivity index (χ2v) is 6.37. The Labute approximate surface area is 158 Å². The van der Waals surface area contributed by atoms with Crippen LogP contribution >= 0.6 is 34.8 Å². The van der Waals surface area contributed by atoms with Gasteiger partial charge < -0.3 is 14.8 Å². The van der Waals surface area contributed by atoms with Gasteiger partial charge in [0, 0.05) is 11.3 Å². The highest BCUT2D eigenvalue weighted by Crippen LogP contribution is 2.32. The lowest BCUT2D eigenvalue weighted by atomic mass is 10.1. The van der Waals surface area contributed by atoms with Crippen molar-refractivity contribution in [3.8, 4) is 11.3 Å². The van der Waals surface area contributed by atoms with Gasteiger partial charge in [-0.2, -0.15) is 0 Å². The Kier molecular flexibility index (Phi) is 5.35. The van der Waals surface area contributed by atoms with E-state index in [-0.39, 0.29) is 17.2 Å². The number of hydrogen-bond donors (Lipinski definition) is 2. The number of hydrogen-bond acceptors (Lipinski definition) is 3. The molecule has 7 heteroatoms. The second kappa shape index (κ2) is 7.50. The third kappa shape index (κ3) is 3.83. The number of benzene rings is 2. The maximum Gasteiger partial charge on any atom is 0.257 e. The fourth-order valence-electron chi connectivity index (χ4n) is 2.28. The fourth-order valence-corrected chi connectivity index (χ4v) is 2.87. The zero-order valence-electron chi connectivity index (χ0n) is 12.7. The van der Waals surface area contributed by atoms with Crippen LogP contribution in [0, 0.1) is 0 Å². The minimum absolute atomic E-state index is 0.189. The van der Waals surface area contributed by atoms with E-state index in [0.717, 1.165) is 0 Å². The molecular formula is C18H12Cl3NO3. The van der Waals surface area contributed by atoms with E-state index in [1.807, 2.05) is 0 Å². The van der Waals surface area contributed by atoms with E-state index in [1.54, 1.807) is 48.5 Å². The fraction of sp³-hybridized carbons (Fsp3) is 0.0556. The van der Waals surface area contributed by atoms with E-state index >= 15 is 0 Å². The lowest BCUT2D eigenvalue weighted by Gasteiger charge is -2.09. The molecule has 0 bridgehead atoms. The van der Waals surface area contributed by atoms with Crippen molar-refractivity contribution in [2.45, 2.75) is 6.61 Å². The van der Waals surface area contributed by atoms with Gasteiger partial charge in [0.25, 0.3) is 5.91 Å². The number of aliphatic hydroxyl groups excluding tert-OH is 1. The summed E-state index contributed by atoms with van der Waals surface area (Å²) < 4.78 is 5.49. The van der Waals surface area contributed by atoms with E-state index in [4.69, 9.17) is 44.3 Å². The predicted octanol–water partition coefficient (Wildman–Crippen LogP) is 5.65. The first kappa shape index (κ1) is 17.8. The number of carbonyl (C=O) groups is 1. The van der Waals surface area contributed by atoms with Crippen LogP contribution in [0.1, 0.15) is 16.1 Å². The highest BCUT2D eigenvalue weighted by molar-refractivity contribution is 6.44. The highest BCUT2D eigenvalue weighted by Gasteiger charge is 2.15. The Balaban J connectivity index is 1.89. The molecule has 0 radical (unpaired) electrons. The SMILES string of the molecule is O=C(Nc1ccc(Cl)c(-c2ccc(CO)o2)c1)c1cccc(Cl)c1Cl. The van der Waals surface area contributed by atoms with Gasteiger partial charge in [-0.3, -0.25) is 4.79 Å². The smallest absolute Gasteiger partial charge is 0.257 e. The topological polar surface area (TPSA) is 62.5 Å². The Morgan fingerprint density at radius 1 is 1.04 bits per heavy atom. The third-order valence-electron chi connectivity index (χ3n) is 3.50. The molecule has 0 atom stereocenters. The van der Waals surface area contributed by atoms with Gasteiger partial charge in [0.15, 0.2) is 0 Å². The first-order valence-electron chi connectivity index (χ1n) is 7.24. The van der Waals surface area contributed by atoms with Crippen LogP contribution in [-0.4, -0.2) is 11.0 Å². The van der Waals surface area contributed by atoms with Crippen molar-refractivity contribution in [2.24, 2.45) is 0 Å². The van der Waals surface area contributed by atoms with Crippen LogP contribution in [0.4, 0.5) is 5.69 Å². The van der Waals surface area contributed by atoms with Crippen LogP contribution in [0.3, 0.4) is 0 Å². The van der Waals surface area contributed by atoms with E-state index in [0.29, 0.717) is 32.8 Å². The number of nitrogens with one attached hydrogen (secondary N) is 1. The Morgan fingerprint density at radius 3 is 2.56 bits per heavy atom. The lowest BCUT2D eigenvalue weighted by molar-refractivity contribution is 0.102. The molecule has 3 rings (SSSR count). The monoisotopic (exact) mass is 395 g/mol. The van der Waals surface area contributed by atoms with Crippen LogP contribution in [0.2, 0.25) is 15.1 Å². The summed E-state index contributed by atoms with van der Waals surface area (Å²) in [6.45, 7) is -0.207. The van der Waals surface area contributed by atoms with Crippen molar-refractivity contribution in [1.82, 2.24) is 0 Å². The first-order valence-corrected chi connectivity index (χ1v) is 8.38. The van der Waals surface area contributed by atoms with Gasteiger partial charge in [-0.1, -0.05) is 40.9 Å². The summed E-state index contributed by atoms with van der Waals surface area (Å²) in [5.41, 5.74) is 1.38. The molecule has 0 unspecified atom stereocenters. The average Bonchev–Trinajstić information content (AvgIpc) is 3.08. The van der Waals surface area contributed by atoms with Crippen molar-refractivity contribution in [1.29, 1.82) is 0 Å². The molecule has 0 aliphatic carbocycles. The van der Waals surface area contributed by atoms with E-state index in [1.165, 1.54) is 0 Å². The van der Waals surface area contributed by atoms with Crippen molar-refractivity contribution in [3.63, 3.8) is 0 Å². The van der Waals surface area contributed by atoms with Gasteiger partial charge >= 0.3 is 0 Å². The van der Waals surface area contributed by atoms with E-state index in [9.17, 15) is 4.79 Å². The second-order valence-electron chi connectivity index (χ2n) is 5.17. The number of carbonyl (C=O) groups excluding carboxylic acids is 1. The minimum Gasteiger partial charge on any atom is -0.459 e. The number of aliphatic hydroxyl groups is 1. The predicted molar refractivity (Wildman–Crippen MR) is 99.5 cm³/mol. The van der Waals surface area contributed by atoms with Crippen molar-refractivity contribution in [3.05, 3.63) is 74.9 Å². The number of anilines is 1. The van der Waals surface area contributed by atoms with Crippen LogP contribution < -0.4 is 5.32 Å². The molecule has 2 N–H and O–H groups in total. The maximum atomic E-state index is 12.4. The quantitative estimate of drug-likeness (QED) is 0.599. The molecular weight excluding hydrogens is 385 g/mol. The summed E-state index contributed by atoms with van der Waals surface area (Å²) in [4.78, 5) is 12.4. The number of amides is 1. The molecule has 1 aromatic heterocycles. The number of halogens is 3. The molecule has 0 saturated carbocycles. The van der Waals surface area contributed by atoms with Gasteiger partial charge in [0.2, 0.25) is 0 Å². The molecule has 25 heavy (non-hydrogen) atoms. The van der Waals surface area contributed by atoms with Gasteiger partial charge in [0.1, 0.15) is 18.1 Å². The molecule has 128 valence electrons. The molecule has 1 amide bonds. The van der Waals surface area contributed by atoms with Crippen LogP contribution in [-0.2, 0) is 6.61 Å². The molecule has 0 fully saturated rings. The van der Waals surface area contributed by atoms with Gasteiger partial charge in [-0.05, 0) is 42.5 Å². The Hall–Kier alpha value is -1.98. The molecule has 0 saturated heterocycles. The molecule has 1 heterocycles. The van der Waals surface area contributed by atoms with Crippen LogP contribution in [0.25, 0.3) is 11.3 Å². The molecule has 0 spiro atoms. The summed E-state index contributed by atoms with van der Waals surface area (Å²) in [5, 5.41) is 12.8. The number of furan rings is 1. The number of rotatable bonds is 4. The molecule has 4 nitrogen and oxygen atoms in total. The molecule has 3 aromatic rings. The summed E-state index contributed by atoms with van der Waals surface area (Å²) in [6.07, 6.45) is 0. The van der Waals surface area contributed by atoms with Crippen LogP contribution in [0.15, 0.2) is 52.9 Å². The van der Waals surface area contributed by atoms with Gasteiger partial charge in [-0.15, -0.1) is 0 Å². The van der Waals surface area contributed by atoms with E-state index < -0.39 is 5.91 Å². The summed E-state index contributed by atoms with van der Waals surface area (Å²) in [5.74, 6) is 0.522. The lowest BCUT2D eigenvalue weighted by Crippen LogP contribution is -2.12. The Bertz CT molecular complexity index is 937. The molecule has 0 aliphatic heterocycles. The van der Waals surface area contributed by atoms with Crippen molar-refractivity contribution < 1.29 is 14.3 Å². The molecule has 0 aliphatic rings. The van der Waals surface area contributed by atoms with Crippen LogP contribution in [0.5, 0.6) is 0 Å². The van der Waals surface area contributed by atoms with Crippen molar-refractivity contribution >= 4 is 46.4 Å². The summed E-state index contributed by atoms with van der Waals surface area (Å²) in [7, 11) is 0. The zero-order valence-corrected chi connectivity index (χ0v) is 15.0. The normalized spacial score (nSPS) is 10.7. The zero-order chi connectivity index (χ0) is 18.0. The van der Waals surface area contributed by atoms with Gasteiger partial charge in [0.05, 0.1) is 20.6 Å². The average molecular weight is 397 g/mol. The molecule has 2 aromatic carbocycles. The van der Waals surface area contributed by atoms with Gasteiger partial charge in [-0.25, -0.2) is 0 Å². The first-order chi connectivity index (χ1) is 12.0. The Morgan fingerprint density at radius 2 is 1.84 bits per heavy atom. The van der Waals surface area contributed by atoms with Crippen molar-refractivity contribution in [2.75, 3.05) is 5.32 Å². The summed E-state index contributed by atoms with van der Waals surface area (Å²) >= 11 is 18.2. The standard InChI is InChI=1S/C18H12Cl3NO3/c19-14-6-4-10(8-13(14)16-7-5-11(9-23)25-16)22-18(24)12-2-1-3-15(20)17(12)21/h1-8,23H,9H2,(H,22,24). The maximum absolute atomic E-state index is 12.4. The minimum atomic E-state index is -0.392. The highest BCUT2D eigenvalue weighted by atomic mass is 35.5. The largest absolute Gasteiger partial charge is 0.459 e. The third-order valence-corrected chi connectivity index (χ3v) is 4.65. The summed E-state index contributed by atoms with van der Waals surface area (Å²) in [6, 6.07) is 13.2.